The Bertz CT molecular complexity index is 365. The molecule has 1 aliphatic rings. The lowest BCUT2D eigenvalue weighted by atomic mass is 10.2. The lowest BCUT2D eigenvalue weighted by Crippen LogP contribution is -2.09. The van der Waals surface area contributed by atoms with Crippen molar-refractivity contribution in [2.75, 3.05) is 13.4 Å². The molecule has 0 aromatic heterocycles. The van der Waals surface area contributed by atoms with E-state index in [1.165, 1.54) is 12.0 Å². The molecule has 1 aliphatic carbocycles. The smallest absolute Gasteiger partial charge is 0.367 e. The summed E-state index contributed by atoms with van der Waals surface area (Å²) in [6.07, 6.45) is 6.53. The Labute approximate surface area is 111 Å². The van der Waals surface area contributed by atoms with Crippen molar-refractivity contribution >= 4 is 10.0 Å². The van der Waals surface area contributed by atoms with Crippen molar-refractivity contribution in [1.29, 1.82) is 0 Å². The maximum Gasteiger partial charge on any atom is 0.367 e. The van der Waals surface area contributed by atoms with Gasteiger partial charge in [0.25, 0.3) is 0 Å². The zero-order chi connectivity index (χ0) is 12.5. The van der Waals surface area contributed by atoms with Gasteiger partial charge in [0.15, 0.2) is 0 Å². The maximum atomic E-state index is 5.57. The molecule has 0 saturated heterocycles. The van der Waals surface area contributed by atoms with Crippen molar-refractivity contribution < 1.29 is 13.6 Å². The first-order valence-corrected chi connectivity index (χ1v) is 7.62. The predicted molar refractivity (Wildman–Crippen MR) is 73.6 cm³/mol. The molecular formula is C14H20O3Si. The third kappa shape index (κ3) is 5.04. The molecule has 0 unspecified atom stereocenters. The van der Waals surface area contributed by atoms with Gasteiger partial charge in [0.05, 0.1) is 12.4 Å². The Kier molecular flexibility index (Phi) is 5.98. The average Bonchev–Trinajstić information content (AvgIpc) is 2.92. The highest BCUT2D eigenvalue weighted by molar-refractivity contribution is 6.18. The summed E-state index contributed by atoms with van der Waals surface area (Å²) in [4.78, 5) is 0. The Balaban J connectivity index is 1.44. The van der Waals surface area contributed by atoms with E-state index in [-0.39, 0.29) is 0 Å². The molecule has 0 spiro atoms. The van der Waals surface area contributed by atoms with Crippen LogP contribution in [0.4, 0.5) is 0 Å². The minimum Gasteiger partial charge on any atom is -0.528 e. The van der Waals surface area contributed by atoms with E-state index in [0.717, 1.165) is 25.0 Å². The minimum atomic E-state index is -0.902. The molecule has 0 radical (unpaired) electrons. The molecule has 0 aliphatic heterocycles. The quantitative estimate of drug-likeness (QED) is 0.410. The van der Waals surface area contributed by atoms with Gasteiger partial charge in [0.2, 0.25) is 0 Å². The summed E-state index contributed by atoms with van der Waals surface area (Å²) < 4.78 is 16.4. The predicted octanol–water partition coefficient (Wildman–Crippen LogP) is 2.30. The van der Waals surface area contributed by atoms with Gasteiger partial charge in [-0.25, -0.2) is 0 Å². The number of allylic oxidation sites excluding steroid dienone is 2. The molecule has 0 amide bonds. The number of benzene rings is 1. The largest absolute Gasteiger partial charge is 0.528 e. The molecule has 0 bridgehead atoms. The van der Waals surface area contributed by atoms with Crippen LogP contribution in [0.2, 0.25) is 0 Å². The summed E-state index contributed by atoms with van der Waals surface area (Å²) in [5.74, 6) is 1.12. The zero-order valence-corrected chi connectivity index (χ0v) is 12.1. The Morgan fingerprint density at radius 2 is 2.06 bits per heavy atom. The van der Waals surface area contributed by atoms with Crippen LogP contribution in [-0.4, -0.2) is 23.4 Å². The van der Waals surface area contributed by atoms with Gasteiger partial charge in [-0.15, -0.1) is 0 Å². The molecule has 0 saturated carbocycles. The molecular weight excluding hydrogens is 244 g/mol. The van der Waals surface area contributed by atoms with Crippen molar-refractivity contribution in [3.63, 3.8) is 0 Å². The summed E-state index contributed by atoms with van der Waals surface area (Å²) in [5, 5.41) is 0. The number of rotatable bonds is 8. The van der Waals surface area contributed by atoms with Crippen LogP contribution >= 0.6 is 0 Å². The second-order valence-electron chi connectivity index (χ2n) is 4.29. The van der Waals surface area contributed by atoms with Gasteiger partial charge in [-0.1, -0.05) is 30.3 Å². The lowest BCUT2D eigenvalue weighted by molar-refractivity contribution is 0.00902. The normalized spacial score (nSPS) is 15.2. The van der Waals surface area contributed by atoms with Crippen molar-refractivity contribution in [1.82, 2.24) is 0 Å². The first-order chi connectivity index (χ1) is 8.95. The summed E-state index contributed by atoms with van der Waals surface area (Å²) in [6, 6.07) is 10.3. The Morgan fingerprint density at radius 1 is 1.17 bits per heavy atom. The van der Waals surface area contributed by atoms with Gasteiger partial charge in [-0.3, -0.25) is 0 Å². The highest BCUT2D eigenvalue weighted by atomic mass is 28.3. The van der Waals surface area contributed by atoms with Crippen LogP contribution in [0, 0.1) is 0 Å². The zero-order valence-electron chi connectivity index (χ0n) is 10.6. The highest BCUT2D eigenvalue weighted by Gasteiger charge is 2.04. The monoisotopic (exact) mass is 264 g/mol. The Morgan fingerprint density at radius 3 is 2.83 bits per heavy atom. The van der Waals surface area contributed by atoms with Crippen molar-refractivity contribution in [2.24, 2.45) is 0 Å². The van der Waals surface area contributed by atoms with Crippen molar-refractivity contribution in [3.05, 3.63) is 47.7 Å². The third-order valence-electron chi connectivity index (χ3n) is 2.87. The second-order valence-corrected chi connectivity index (χ2v) is 5.22. The summed E-state index contributed by atoms with van der Waals surface area (Å²) in [5.41, 5.74) is 1.29. The molecule has 0 fully saturated rings. The summed E-state index contributed by atoms with van der Waals surface area (Å²) in [6.45, 7) is 1.05. The molecule has 18 heavy (non-hydrogen) atoms. The second kappa shape index (κ2) is 8.08. The van der Waals surface area contributed by atoms with E-state index in [4.69, 9.17) is 13.6 Å². The van der Waals surface area contributed by atoms with Crippen LogP contribution in [0.25, 0.3) is 0 Å². The fourth-order valence-corrected chi connectivity index (χ4v) is 2.56. The molecule has 3 nitrogen and oxygen atoms in total. The number of ether oxygens (including phenoxy) is 1. The van der Waals surface area contributed by atoms with Crippen LogP contribution < -0.4 is 0 Å². The minimum absolute atomic E-state index is 0.354. The first-order valence-electron chi connectivity index (χ1n) is 6.46. The van der Waals surface area contributed by atoms with E-state index in [1.807, 2.05) is 18.2 Å². The van der Waals surface area contributed by atoms with E-state index in [2.05, 4.69) is 18.2 Å². The van der Waals surface area contributed by atoms with Gasteiger partial charge in [-0.2, -0.15) is 0 Å². The van der Waals surface area contributed by atoms with Crippen LogP contribution in [0.15, 0.2) is 42.2 Å². The van der Waals surface area contributed by atoms with E-state index >= 15 is 0 Å². The maximum absolute atomic E-state index is 5.57. The average molecular weight is 264 g/mol. The number of hydrogen-bond acceptors (Lipinski definition) is 3. The molecule has 0 heterocycles. The van der Waals surface area contributed by atoms with Crippen molar-refractivity contribution in [3.8, 4) is 0 Å². The first kappa shape index (κ1) is 13.3. The van der Waals surface area contributed by atoms with Crippen LogP contribution in [0.5, 0.6) is 0 Å². The van der Waals surface area contributed by atoms with Gasteiger partial charge >= 0.3 is 10.0 Å². The van der Waals surface area contributed by atoms with E-state index in [9.17, 15) is 0 Å². The van der Waals surface area contributed by atoms with E-state index in [0.29, 0.717) is 13.4 Å². The molecule has 0 atom stereocenters. The third-order valence-corrected chi connectivity index (χ3v) is 3.69. The highest BCUT2D eigenvalue weighted by Crippen LogP contribution is 2.17. The standard InChI is InChI=1S/C14H20O3Si/c1-2-6-13(7-3-1)10-11-15-12-16-18-17-14-8-4-5-9-14/h1-3,6-8H,4-5,9-12,18H2. The summed E-state index contributed by atoms with van der Waals surface area (Å²) >= 11 is 0. The fourth-order valence-electron chi connectivity index (χ4n) is 1.88. The van der Waals surface area contributed by atoms with Crippen LogP contribution in [0.1, 0.15) is 24.8 Å². The van der Waals surface area contributed by atoms with E-state index in [1.54, 1.807) is 0 Å². The molecule has 2 rings (SSSR count). The summed E-state index contributed by atoms with van der Waals surface area (Å²) in [7, 11) is -0.902. The molecule has 1 aromatic rings. The van der Waals surface area contributed by atoms with Gasteiger partial charge < -0.3 is 13.6 Å². The van der Waals surface area contributed by atoms with Crippen molar-refractivity contribution in [2.45, 2.75) is 25.7 Å². The van der Waals surface area contributed by atoms with Crippen LogP contribution in [-0.2, 0) is 20.0 Å². The van der Waals surface area contributed by atoms with Gasteiger partial charge in [0.1, 0.15) is 6.79 Å². The van der Waals surface area contributed by atoms with Crippen LogP contribution in [0.3, 0.4) is 0 Å². The topological polar surface area (TPSA) is 27.7 Å². The van der Waals surface area contributed by atoms with Gasteiger partial charge in [0, 0.05) is 6.42 Å². The SMILES string of the molecule is C1=C(O[SiH2]OCOCCc2ccccc2)CCC1. The van der Waals surface area contributed by atoms with Gasteiger partial charge in [-0.05, 0) is 30.9 Å². The number of hydrogen-bond donors (Lipinski definition) is 0. The Hall–Kier alpha value is -1.10. The van der Waals surface area contributed by atoms with E-state index < -0.39 is 10.0 Å². The molecule has 98 valence electrons. The lowest BCUT2D eigenvalue weighted by Gasteiger charge is -2.08. The molecule has 0 N–H and O–H groups in total. The fraction of sp³-hybridized carbons (Fsp3) is 0.429. The molecule has 1 aromatic carbocycles. The molecule has 4 heteroatoms.